The smallest absolute Gasteiger partial charge is 0.264 e. The zero-order valence-electron chi connectivity index (χ0n) is 18.7. The molecule has 0 heterocycles. The van der Waals surface area contributed by atoms with Crippen LogP contribution >= 0.6 is 0 Å². The van der Waals surface area contributed by atoms with Gasteiger partial charge in [0.05, 0.1) is 16.3 Å². The molecule has 3 rings (SSSR count). The molecule has 1 amide bonds. The van der Waals surface area contributed by atoms with Gasteiger partial charge in [0.25, 0.3) is 15.9 Å². The van der Waals surface area contributed by atoms with Gasteiger partial charge < -0.3 is 0 Å². The molecule has 0 saturated heterocycles. The molecule has 0 aliphatic carbocycles. The van der Waals surface area contributed by atoms with E-state index in [-0.39, 0.29) is 4.90 Å². The summed E-state index contributed by atoms with van der Waals surface area (Å²) in [6.45, 7) is 7.08. The first-order valence-corrected chi connectivity index (χ1v) is 11.7. The molecule has 0 atom stereocenters. The molecule has 0 radical (unpaired) electrons. The van der Waals surface area contributed by atoms with Crippen LogP contribution in [0.3, 0.4) is 0 Å². The molecule has 3 aromatic rings. The van der Waals surface area contributed by atoms with Crippen LogP contribution in [0.25, 0.3) is 0 Å². The molecule has 0 aliphatic rings. The number of benzene rings is 3. The normalized spacial score (nSPS) is 11.8. The second kappa shape index (κ2) is 9.78. The molecule has 0 saturated carbocycles. The van der Waals surface area contributed by atoms with E-state index in [0.717, 1.165) is 26.6 Å². The topological polar surface area (TPSA) is 78.8 Å². The molecule has 6 nitrogen and oxygen atoms in total. The third kappa shape index (κ3) is 5.42. The van der Waals surface area contributed by atoms with Crippen molar-refractivity contribution in [2.75, 3.05) is 10.8 Å². The van der Waals surface area contributed by atoms with Crippen molar-refractivity contribution in [1.29, 1.82) is 0 Å². The van der Waals surface area contributed by atoms with Gasteiger partial charge >= 0.3 is 0 Å². The highest BCUT2D eigenvalue weighted by Gasteiger charge is 2.28. The number of aryl methyl sites for hydroxylation is 3. The molecule has 0 spiro atoms. The van der Waals surface area contributed by atoms with E-state index in [1.807, 2.05) is 57.2 Å². The minimum atomic E-state index is -3.96. The van der Waals surface area contributed by atoms with Crippen molar-refractivity contribution in [3.8, 4) is 0 Å². The SMILES string of the molecule is C/C(=N\NC(=O)CN(c1ccccc1C)S(=O)(=O)c1ccc(C)cc1)c1ccc(C)cc1. The maximum Gasteiger partial charge on any atom is 0.264 e. The van der Waals surface area contributed by atoms with Crippen LogP contribution in [0.1, 0.15) is 29.2 Å². The first kappa shape index (κ1) is 23.2. The predicted octanol–water partition coefficient (Wildman–Crippen LogP) is 4.35. The highest BCUT2D eigenvalue weighted by molar-refractivity contribution is 7.92. The average Bonchev–Trinajstić information content (AvgIpc) is 2.77. The van der Waals surface area contributed by atoms with Gasteiger partial charge in [0.15, 0.2) is 0 Å². The average molecular weight is 450 g/mol. The van der Waals surface area contributed by atoms with E-state index in [9.17, 15) is 13.2 Å². The van der Waals surface area contributed by atoms with E-state index in [2.05, 4.69) is 10.5 Å². The van der Waals surface area contributed by atoms with Gasteiger partial charge in [0.2, 0.25) is 0 Å². The van der Waals surface area contributed by atoms with Crippen molar-refractivity contribution in [1.82, 2.24) is 5.43 Å². The molecule has 0 bridgehead atoms. The van der Waals surface area contributed by atoms with E-state index in [1.165, 1.54) is 0 Å². The Kier molecular flexibility index (Phi) is 7.10. The fraction of sp³-hybridized carbons (Fsp3) is 0.200. The third-order valence-corrected chi connectivity index (χ3v) is 6.87. The Hall–Kier alpha value is -3.45. The van der Waals surface area contributed by atoms with Crippen molar-refractivity contribution in [3.63, 3.8) is 0 Å². The minimum Gasteiger partial charge on any atom is -0.271 e. The van der Waals surface area contributed by atoms with Crippen molar-refractivity contribution in [3.05, 3.63) is 95.1 Å². The minimum absolute atomic E-state index is 0.124. The number of nitrogens with one attached hydrogen (secondary N) is 1. The quantitative estimate of drug-likeness (QED) is 0.430. The Morgan fingerprint density at radius 2 is 1.44 bits per heavy atom. The van der Waals surface area contributed by atoms with E-state index >= 15 is 0 Å². The van der Waals surface area contributed by atoms with Crippen LogP contribution in [0.5, 0.6) is 0 Å². The standard InChI is InChI=1S/C25H27N3O3S/c1-18-9-13-22(14-10-18)21(4)26-27-25(29)17-28(24-8-6-5-7-20(24)3)32(30,31)23-15-11-19(2)12-16-23/h5-16H,17H2,1-4H3,(H,27,29)/b26-21+. The summed E-state index contributed by atoms with van der Waals surface area (Å²) in [6, 6.07) is 21.4. The molecule has 166 valence electrons. The number of hydrazone groups is 1. The maximum atomic E-state index is 13.4. The van der Waals surface area contributed by atoms with Gasteiger partial charge in [-0.3, -0.25) is 9.10 Å². The summed E-state index contributed by atoms with van der Waals surface area (Å²) in [4.78, 5) is 12.9. The highest BCUT2D eigenvalue weighted by atomic mass is 32.2. The predicted molar refractivity (Wildman–Crippen MR) is 128 cm³/mol. The van der Waals surface area contributed by atoms with E-state index in [4.69, 9.17) is 0 Å². The first-order valence-electron chi connectivity index (χ1n) is 10.2. The number of carbonyl (C=O) groups excluding carboxylic acids is 1. The molecule has 1 N–H and O–H groups in total. The van der Waals surface area contributed by atoms with Gasteiger partial charge in [-0.25, -0.2) is 13.8 Å². The van der Waals surface area contributed by atoms with Crippen LogP contribution in [0.15, 0.2) is 82.8 Å². The lowest BCUT2D eigenvalue weighted by molar-refractivity contribution is -0.119. The molecule has 0 aromatic heterocycles. The largest absolute Gasteiger partial charge is 0.271 e. The van der Waals surface area contributed by atoms with Crippen LogP contribution in [-0.2, 0) is 14.8 Å². The molecule has 7 heteroatoms. The molecule has 0 aliphatic heterocycles. The monoisotopic (exact) mass is 449 g/mol. The molecular weight excluding hydrogens is 422 g/mol. The number of rotatable bonds is 7. The van der Waals surface area contributed by atoms with Crippen molar-refractivity contribution in [2.24, 2.45) is 5.10 Å². The van der Waals surface area contributed by atoms with E-state index in [1.54, 1.807) is 43.3 Å². The number of nitrogens with zero attached hydrogens (tertiary/aromatic N) is 2. The van der Waals surface area contributed by atoms with Gasteiger partial charge in [-0.15, -0.1) is 0 Å². The summed E-state index contributed by atoms with van der Waals surface area (Å²) < 4.78 is 28.0. The number of sulfonamides is 1. The van der Waals surface area contributed by atoms with Crippen molar-refractivity contribution < 1.29 is 13.2 Å². The van der Waals surface area contributed by atoms with Gasteiger partial charge in [0, 0.05) is 0 Å². The number of hydrogen-bond donors (Lipinski definition) is 1. The zero-order chi connectivity index (χ0) is 23.3. The Labute approximate surface area is 189 Å². The Morgan fingerprint density at radius 1 is 0.875 bits per heavy atom. The third-order valence-electron chi connectivity index (χ3n) is 5.10. The lowest BCUT2D eigenvalue weighted by atomic mass is 10.1. The zero-order valence-corrected chi connectivity index (χ0v) is 19.5. The number of hydrogen-bond acceptors (Lipinski definition) is 4. The van der Waals surface area contributed by atoms with Gasteiger partial charge in [-0.1, -0.05) is 65.7 Å². The Bertz CT molecular complexity index is 1230. The van der Waals surface area contributed by atoms with E-state index < -0.39 is 22.5 Å². The maximum absolute atomic E-state index is 13.4. The second-order valence-corrected chi connectivity index (χ2v) is 9.57. The number of carbonyl (C=O) groups is 1. The lowest BCUT2D eigenvalue weighted by Gasteiger charge is -2.25. The Morgan fingerprint density at radius 3 is 2.03 bits per heavy atom. The van der Waals surface area contributed by atoms with Gasteiger partial charge in [-0.2, -0.15) is 5.10 Å². The summed E-state index contributed by atoms with van der Waals surface area (Å²) in [5, 5.41) is 4.16. The number of anilines is 1. The summed E-state index contributed by atoms with van der Waals surface area (Å²) in [5.74, 6) is -0.532. The summed E-state index contributed by atoms with van der Waals surface area (Å²) in [5.41, 5.74) is 7.26. The first-order chi connectivity index (χ1) is 15.2. The second-order valence-electron chi connectivity index (χ2n) is 7.71. The van der Waals surface area contributed by atoms with Crippen molar-refractivity contribution in [2.45, 2.75) is 32.6 Å². The number of amides is 1. The summed E-state index contributed by atoms with van der Waals surface area (Å²) in [7, 11) is -3.96. The van der Waals surface area contributed by atoms with Crippen LogP contribution in [-0.4, -0.2) is 26.6 Å². The lowest BCUT2D eigenvalue weighted by Crippen LogP contribution is -2.40. The number of para-hydroxylation sites is 1. The Balaban J connectivity index is 1.88. The van der Waals surface area contributed by atoms with Crippen LogP contribution in [0, 0.1) is 20.8 Å². The molecule has 0 unspecified atom stereocenters. The van der Waals surface area contributed by atoms with Crippen molar-refractivity contribution >= 4 is 27.3 Å². The fourth-order valence-corrected chi connectivity index (χ4v) is 4.64. The van der Waals surface area contributed by atoms with Crippen LogP contribution < -0.4 is 9.73 Å². The van der Waals surface area contributed by atoms with Crippen LogP contribution in [0.2, 0.25) is 0 Å². The molecular formula is C25H27N3O3S. The molecule has 3 aromatic carbocycles. The molecule has 0 fully saturated rings. The summed E-state index contributed by atoms with van der Waals surface area (Å²) in [6.07, 6.45) is 0. The van der Waals surface area contributed by atoms with Crippen LogP contribution in [0.4, 0.5) is 5.69 Å². The molecule has 32 heavy (non-hydrogen) atoms. The van der Waals surface area contributed by atoms with Gasteiger partial charge in [0.1, 0.15) is 6.54 Å². The fourth-order valence-electron chi connectivity index (χ4n) is 3.15. The van der Waals surface area contributed by atoms with Gasteiger partial charge in [-0.05, 0) is 57.0 Å². The summed E-state index contributed by atoms with van der Waals surface area (Å²) >= 11 is 0. The highest BCUT2D eigenvalue weighted by Crippen LogP contribution is 2.26. The van der Waals surface area contributed by atoms with E-state index in [0.29, 0.717) is 11.4 Å².